The lowest BCUT2D eigenvalue weighted by Crippen LogP contribution is -2.15. The second-order valence-corrected chi connectivity index (χ2v) is 3.97. The third kappa shape index (κ3) is 1.58. The van der Waals surface area contributed by atoms with E-state index in [1.54, 1.807) is 0 Å². The van der Waals surface area contributed by atoms with E-state index in [-0.39, 0.29) is 11.7 Å². The molecule has 0 bridgehead atoms. The first kappa shape index (κ1) is 9.41. The molecule has 1 atom stereocenters. The van der Waals surface area contributed by atoms with Crippen LogP contribution in [0.2, 0.25) is 5.02 Å². The van der Waals surface area contributed by atoms with Gasteiger partial charge in [0.2, 0.25) is 0 Å². The van der Waals surface area contributed by atoms with Gasteiger partial charge in [0.1, 0.15) is 0 Å². The van der Waals surface area contributed by atoms with E-state index < -0.39 is 0 Å². The van der Waals surface area contributed by atoms with Gasteiger partial charge in [0.05, 0.1) is 0 Å². The van der Waals surface area contributed by atoms with Gasteiger partial charge in [-0.25, -0.2) is 0 Å². The number of hydrogen-bond donors (Lipinski definition) is 0. The van der Waals surface area contributed by atoms with Gasteiger partial charge in [-0.2, -0.15) is 0 Å². The zero-order valence-corrected chi connectivity index (χ0v) is 8.25. The Hall–Kier alpha value is -1.15. The van der Waals surface area contributed by atoms with E-state index in [0.29, 0.717) is 24.2 Å². The molecular weight excluding hydrogens is 200 g/mol. The Labute approximate surface area is 86.9 Å². The highest BCUT2D eigenvalue weighted by Gasteiger charge is 2.26. The van der Waals surface area contributed by atoms with E-state index in [9.17, 15) is 9.59 Å². The van der Waals surface area contributed by atoms with Gasteiger partial charge in [0.25, 0.3) is 0 Å². The number of carbonyl (C=O) groups excluding carboxylic acids is 2. The fourth-order valence-corrected chi connectivity index (χ4v) is 2.08. The second-order valence-electron chi connectivity index (χ2n) is 3.54. The van der Waals surface area contributed by atoms with Gasteiger partial charge in [0.15, 0.2) is 12.1 Å². The number of benzene rings is 1. The minimum atomic E-state index is -0.308. The molecule has 0 aliphatic heterocycles. The van der Waals surface area contributed by atoms with Gasteiger partial charge in [-0.3, -0.25) is 9.59 Å². The maximum atomic E-state index is 11.2. The largest absolute Gasteiger partial charge is 0.295 e. The van der Waals surface area contributed by atoms with E-state index in [4.69, 9.17) is 11.6 Å². The molecule has 0 N–H and O–H groups in total. The average molecular weight is 209 g/mol. The minimum absolute atomic E-state index is 0.166. The van der Waals surface area contributed by atoms with Crippen LogP contribution in [0.25, 0.3) is 0 Å². The molecule has 1 aromatic carbocycles. The highest BCUT2D eigenvalue weighted by molar-refractivity contribution is 6.30. The molecule has 1 aliphatic carbocycles. The third-order valence-corrected chi connectivity index (χ3v) is 2.85. The summed E-state index contributed by atoms with van der Waals surface area (Å²) in [5.41, 5.74) is 2.23. The number of carbonyl (C=O) groups is 2. The third-order valence-electron chi connectivity index (χ3n) is 2.62. The molecule has 1 unspecified atom stereocenters. The zero-order valence-electron chi connectivity index (χ0n) is 7.50. The Bertz CT molecular complexity index is 398. The summed E-state index contributed by atoms with van der Waals surface area (Å²) in [6, 6.07) is 5.61. The molecule has 0 radical (unpaired) electrons. The first-order valence-electron chi connectivity index (χ1n) is 4.47. The molecule has 0 fully saturated rings. The van der Waals surface area contributed by atoms with Crippen molar-refractivity contribution in [2.24, 2.45) is 5.92 Å². The maximum Gasteiger partial charge on any atom is 0.198 e. The number of hydrogen-bond acceptors (Lipinski definition) is 2. The van der Waals surface area contributed by atoms with E-state index >= 15 is 0 Å². The number of rotatable bonds is 2. The van der Waals surface area contributed by atoms with Crippen LogP contribution < -0.4 is 0 Å². The molecule has 1 aliphatic rings. The average Bonchev–Trinajstić information content (AvgIpc) is 2.59. The predicted molar refractivity (Wildman–Crippen MR) is 53.4 cm³/mol. The summed E-state index contributed by atoms with van der Waals surface area (Å²) in [6.45, 7) is 0. The molecule has 0 saturated heterocycles. The fraction of sp³-hybridized carbons (Fsp3) is 0.273. The summed E-state index contributed by atoms with van der Waals surface area (Å²) in [6.07, 6.45) is 1.73. The van der Waals surface area contributed by atoms with Crippen molar-refractivity contribution in [3.05, 3.63) is 34.3 Å². The Morgan fingerprint density at radius 3 is 2.79 bits per heavy atom. The van der Waals surface area contributed by atoms with Gasteiger partial charge in [-0.1, -0.05) is 17.7 Å². The highest BCUT2D eigenvalue weighted by Crippen LogP contribution is 2.29. The second kappa shape index (κ2) is 3.54. The topological polar surface area (TPSA) is 34.1 Å². The van der Waals surface area contributed by atoms with Crippen molar-refractivity contribution in [1.29, 1.82) is 0 Å². The molecule has 3 heteroatoms. The highest BCUT2D eigenvalue weighted by atomic mass is 35.5. The SMILES string of the molecule is O=CC(=O)C1Cc2ccc(Cl)cc2C1. The van der Waals surface area contributed by atoms with E-state index in [1.807, 2.05) is 18.2 Å². The molecule has 0 aromatic heterocycles. The number of Topliss-reactive ketones (excluding diaryl/α,β-unsaturated/α-hetero) is 1. The van der Waals surface area contributed by atoms with Gasteiger partial charge in [-0.15, -0.1) is 0 Å². The van der Waals surface area contributed by atoms with Crippen LogP contribution in [0.15, 0.2) is 18.2 Å². The molecule has 2 nitrogen and oxygen atoms in total. The molecule has 72 valence electrons. The standard InChI is InChI=1S/C11H9ClO2/c12-10-2-1-7-3-9(11(14)6-13)4-8(7)5-10/h1-2,5-6,9H,3-4H2. The van der Waals surface area contributed by atoms with Crippen molar-refractivity contribution in [2.75, 3.05) is 0 Å². The van der Waals surface area contributed by atoms with Crippen molar-refractivity contribution in [3.63, 3.8) is 0 Å². The number of halogens is 1. The van der Waals surface area contributed by atoms with Crippen LogP contribution in [-0.4, -0.2) is 12.1 Å². The van der Waals surface area contributed by atoms with Gasteiger partial charge < -0.3 is 0 Å². The van der Waals surface area contributed by atoms with Crippen LogP contribution in [-0.2, 0) is 22.4 Å². The summed E-state index contributed by atoms with van der Waals surface area (Å²) in [4.78, 5) is 21.5. The lowest BCUT2D eigenvalue weighted by atomic mass is 10.0. The van der Waals surface area contributed by atoms with Crippen molar-refractivity contribution < 1.29 is 9.59 Å². The molecule has 1 aromatic rings. The van der Waals surface area contributed by atoms with E-state index in [1.165, 1.54) is 0 Å². The van der Waals surface area contributed by atoms with Crippen LogP contribution in [0.3, 0.4) is 0 Å². The number of ketones is 1. The van der Waals surface area contributed by atoms with Gasteiger partial charge in [0, 0.05) is 10.9 Å². The first-order chi connectivity index (χ1) is 6.70. The molecule has 0 heterocycles. The Morgan fingerprint density at radius 1 is 1.36 bits per heavy atom. The molecule has 14 heavy (non-hydrogen) atoms. The Balaban J connectivity index is 2.26. The molecular formula is C11H9ClO2. The monoisotopic (exact) mass is 208 g/mol. The number of aldehydes is 1. The Morgan fingerprint density at radius 2 is 2.07 bits per heavy atom. The normalized spacial score (nSPS) is 19.1. The van der Waals surface area contributed by atoms with Crippen LogP contribution in [0, 0.1) is 5.92 Å². The Kier molecular flexibility index (Phi) is 2.38. The molecule has 0 saturated carbocycles. The minimum Gasteiger partial charge on any atom is -0.295 e. The molecule has 0 amide bonds. The molecule has 2 rings (SSSR count). The van der Waals surface area contributed by atoms with Crippen LogP contribution in [0.4, 0.5) is 0 Å². The summed E-state index contributed by atoms with van der Waals surface area (Å²) in [5, 5.41) is 0.683. The lowest BCUT2D eigenvalue weighted by molar-refractivity contribution is -0.132. The first-order valence-corrected chi connectivity index (χ1v) is 4.85. The van der Waals surface area contributed by atoms with Gasteiger partial charge >= 0.3 is 0 Å². The van der Waals surface area contributed by atoms with Crippen LogP contribution in [0.1, 0.15) is 11.1 Å². The van der Waals surface area contributed by atoms with Crippen molar-refractivity contribution in [3.8, 4) is 0 Å². The van der Waals surface area contributed by atoms with Gasteiger partial charge in [-0.05, 0) is 36.1 Å². The summed E-state index contributed by atoms with van der Waals surface area (Å²) < 4.78 is 0. The number of fused-ring (bicyclic) bond motifs is 1. The fourth-order valence-electron chi connectivity index (χ4n) is 1.88. The van der Waals surface area contributed by atoms with E-state index in [0.717, 1.165) is 11.1 Å². The zero-order chi connectivity index (χ0) is 10.1. The van der Waals surface area contributed by atoms with Crippen molar-refractivity contribution in [2.45, 2.75) is 12.8 Å². The van der Waals surface area contributed by atoms with E-state index in [2.05, 4.69) is 0 Å². The summed E-state index contributed by atoms with van der Waals surface area (Å²) in [7, 11) is 0. The van der Waals surface area contributed by atoms with Crippen LogP contribution >= 0.6 is 11.6 Å². The molecule has 0 spiro atoms. The summed E-state index contributed by atoms with van der Waals surface area (Å²) >= 11 is 5.83. The lowest BCUT2D eigenvalue weighted by Gasteiger charge is -1.99. The smallest absolute Gasteiger partial charge is 0.198 e. The quantitative estimate of drug-likeness (QED) is 0.549. The van der Waals surface area contributed by atoms with Crippen molar-refractivity contribution >= 4 is 23.7 Å². The summed E-state index contributed by atoms with van der Waals surface area (Å²) in [5.74, 6) is -0.474. The maximum absolute atomic E-state index is 11.2. The van der Waals surface area contributed by atoms with Crippen molar-refractivity contribution in [1.82, 2.24) is 0 Å². The van der Waals surface area contributed by atoms with Crippen LogP contribution in [0.5, 0.6) is 0 Å². The predicted octanol–water partition coefficient (Wildman–Crippen LogP) is 1.82.